The fourth-order valence-electron chi connectivity index (χ4n) is 3.66. The number of aliphatic hydroxyl groups excluding tert-OH is 2. The molecule has 2 heterocycles. The Kier molecular flexibility index (Phi) is 9.40. The van der Waals surface area contributed by atoms with E-state index in [0.717, 1.165) is 25.9 Å². The Morgan fingerprint density at radius 1 is 1.09 bits per heavy atom. The number of nitrogens with one attached hydrogen (secondary N) is 1. The normalized spacial score (nSPS) is 22.8. The average Bonchev–Trinajstić information content (AvgIpc) is 3.45. The van der Waals surface area contributed by atoms with Crippen LogP contribution in [0.4, 0.5) is 13.2 Å². The van der Waals surface area contributed by atoms with E-state index in [4.69, 9.17) is 25.2 Å². The summed E-state index contributed by atoms with van der Waals surface area (Å²) in [7, 11) is 0. The minimum Gasteiger partial charge on any atom is -0.479 e. The topological polar surface area (TPSA) is 140 Å². The Morgan fingerprint density at radius 2 is 1.72 bits per heavy atom. The highest BCUT2D eigenvalue weighted by Gasteiger charge is 2.36. The molecule has 0 unspecified atom stereocenters. The van der Waals surface area contributed by atoms with E-state index < -0.39 is 35.9 Å². The number of carboxylic acid groups (broad SMARTS) is 2. The quantitative estimate of drug-likeness (QED) is 0.391. The third kappa shape index (κ3) is 7.14. The van der Waals surface area contributed by atoms with Crippen molar-refractivity contribution in [3.8, 4) is 0 Å². The van der Waals surface area contributed by atoms with Crippen molar-refractivity contribution in [2.75, 3.05) is 26.3 Å². The third-order valence-corrected chi connectivity index (χ3v) is 5.36. The van der Waals surface area contributed by atoms with Gasteiger partial charge in [-0.25, -0.2) is 9.59 Å². The number of alkyl halides is 3. The van der Waals surface area contributed by atoms with E-state index in [0.29, 0.717) is 25.3 Å². The van der Waals surface area contributed by atoms with E-state index in [2.05, 4.69) is 10.2 Å². The average molecular weight is 464 g/mol. The molecule has 0 spiro atoms. The van der Waals surface area contributed by atoms with Crippen LogP contribution in [-0.4, -0.2) is 87.9 Å². The number of hydrogen-bond donors (Lipinski definition) is 5. The molecule has 0 radical (unpaired) electrons. The molecule has 32 heavy (non-hydrogen) atoms. The monoisotopic (exact) mass is 464 g/mol. The second kappa shape index (κ2) is 11.6. The van der Waals surface area contributed by atoms with Crippen LogP contribution >= 0.6 is 0 Å². The molecule has 9 nitrogen and oxygen atoms in total. The van der Waals surface area contributed by atoms with E-state index in [1.807, 2.05) is 0 Å². The van der Waals surface area contributed by atoms with Gasteiger partial charge in [0.1, 0.15) is 0 Å². The maximum absolute atomic E-state index is 13.2. The number of aliphatic carboxylic acids is 2. The first-order valence-electron chi connectivity index (χ1n) is 10.0. The Balaban J connectivity index is 0.000000309. The smallest absolute Gasteiger partial charge is 0.416 e. The Labute approximate surface area is 182 Å². The van der Waals surface area contributed by atoms with Crippen molar-refractivity contribution in [3.63, 3.8) is 0 Å². The van der Waals surface area contributed by atoms with E-state index in [1.165, 1.54) is 12.1 Å². The van der Waals surface area contributed by atoms with Gasteiger partial charge in [0.05, 0.1) is 12.2 Å². The van der Waals surface area contributed by atoms with Gasteiger partial charge < -0.3 is 30.5 Å². The number of aliphatic hydroxyl groups is 2. The van der Waals surface area contributed by atoms with Gasteiger partial charge in [0, 0.05) is 31.8 Å². The lowest BCUT2D eigenvalue weighted by Crippen LogP contribution is -2.44. The molecular weight excluding hydrogens is 437 g/mol. The molecule has 0 amide bonds. The summed E-state index contributed by atoms with van der Waals surface area (Å²) in [4.78, 5) is 21.7. The van der Waals surface area contributed by atoms with Crippen LogP contribution in [0.25, 0.3) is 0 Å². The largest absolute Gasteiger partial charge is 0.479 e. The molecule has 0 aliphatic carbocycles. The van der Waals surface area contributed by atoms with E-state index >= 15 is 0 Å². The second-order valence-electron chi connectivity index (χ2n) is 7.56. The van der Waals surface area contributed by atoms with Crippen LogP contribution in [0.5, 0.6) is 0 Å². The van der Waals surface area contributed by atoms with Crippen molar-refractivity contribution in [1.82, 2.24) is 10.2 Å². The van der Waals surface area contributed by atoms with Crippen LogP contribution < -0.4 is 5.32 Å². The molecular formula is C20H27F3N2O7. The maximum atomic E-state index is 13.2. The fourth-order valence-corrected chi connectivity index (χ4v) is 3.66. The van der Waals surface area contributed by atoms with Crippen LogP contribution in [0, 0.1) is 0 Å². The van der Waals surface area contributed by atoms with Gasteiger partial charge in [-0.1, -0.05) is 18.2 Å². The molecule has 180 valence electrons. The van der Waals surface area contributed by atoms with Crippen LogP contribution in [-0.2, 0) is 27.0 Å². The summed E-state index contributed by atoms with van der Waals surface area (Å²) in [6.45, 7) is 3.41. The zero-order valence-electron chi connectivity index (χ0n) is 17.2. The summed E-state index contributed by atoms with van der Waals surface area (Å²) in [5.41, 5.74) is -0.168. The molecule has 12 heteroatoms. The Hall–Kier alpha value is -2.25. The minimum absolute atomic E-state index is 0.214. The van der Waals surface area contributed by atoms with E-state index in [-0.39, 0.29) is 12.1 Å². The van der Waals surface area contributed by atoms with Crippen LogP contribution in [0.1, 0.15) is 24.0 Å². The van der Waals surface area contributed by atoms with Crippen molar-refractivity contribution in [2.24, 2.45) is 0 Å². The number of benzene rings is 1. The Bertz CT molecular complexity index is 732. The van der Waals surface area contributed by atoms with Gasteiger partial charge in [0.15, 0.2) is 12.2 Å². The van der Waals surface area contributed by atoms with Gasteiger partial charge in [0.25, 0.3) is 0 Å². The lowest BCUT2D eigenvalue weighted by molar-refractivity contribution is -0.165. The summed E-state index contributed by atoms with van der Waals surface area (Å²) >= 11 is 0. The lowest BCUT2D eigenvalue weighted by atomic mass is 10.0. The number of hydrogen-bond acceptors (Lipinski definition) is 7. The molecule has 2 aliphatic rings. The van der Waals surface area contributed by atoms with Crippen LogP contribution in [0.15, 0.2) is 24.3 Å². The molecule has 1 aromatic rings. The SMILES string of the molecule is FC(F)(F)c1ccccc1CN([C@H]1CCNC1)[C@H]1CCOC1.O=C(O)[C@H](O)[C@@H](O)C(=O)O. The molecule has 2 fully saturated rings. The first kappa shape index (κ1) is 26.0. The highest BCUT2D eigenvalue weighted by Crippen LogP contribution is 2.33. The molecule has 1 aromatic carbocycles. The number of carbonyl (C=O) groups is 2. The van der Waals surface area contributed by atoms with E-state index in [1.54, 1.807) is 12.1 Å². The third-order valence-electron chi connectivity index (χ3n) is 5.36. The number of rotatable bonds is 7. The molecule has 2 saturated heterocycles. The van der Waals surface area contributed by atoms with Crippen LogP contribution in [0.3, 0.4) is 0 Å². The maximum Gasteiger partial charge on any atom is 0.416 e. The summed E-state index contributed by atoms with van der Waals surface area (Å²) in [6, 6.07) is 6.39. The molecule has 0 bridgehead atoms. The molecule has 3 rings (SSSR count). The highest BCUT2D eigenvalue weighted by molar-refractivity contribution is 5.83. The summed E-state index contributed by atoms with van der Waals surface area (Å²) in [5.74, 6) is -3.54. The predicted octanol–water partition coefficient (Wildman–Crippen LogP) is 0.536. The Morgan fingerprint density at radius 3 is 2.19 bits per heavy atom. The van der Waals surface area contributed by atoms with Gasteiger partial charge in [-0.05, 0) is 31.0 Å². The van der Waals surface area contributed by atoms with Gasteiger partial charge in [0.2, 0.25) is 0 Å². The van der Waals surface area contributed by atoms with E-state index in [9.17, 15) is 22.8 Å². The zero-order chi connectivity index (χ0) is 23.9. The minimum atomic E-state index is -4.30. The van der Waals surface area contributed by atoms with Crippen molar-refractivity contribution >= 4 is 11.9 Å². The number of ether oxygens (including phenoxy) is 1. The standard InChI is InChI=1S/C16H21F3N2O.C4H6O6/c17-16(18,19)15-4-2-1-3-12(15)10-21(13-5-7-20-9-13)14-6-8-22-11-14;5-1(3(7)8)2(6)4(9)10/h1-4,13-14,20H,5-11H2;1-2,5-6H,(H,7,8)(H,9,10)/t13-,14-;1-,2-/m01/s1. The summed E-state index contributed by atoms with van der Waals surface area (Å²) in [6.07, 6.45) is -6.97. The van der Waals surface area contributed by atoms with Gasteiger partial charge in [-0.3, -0.25) is 4.90 Å². The molecule has 5 N–H and O–H groups in total. The van der Waals surface area contributed by atoms with Gasteiger partial charge in [-0.2, -0.15) is 13.2 Å². The molecule has 4 atom stereocenters. The summed E-state index contributed by atoms with van der Waals surface area (Å²) < 4.78 is 45.0. The second-order valence-corrected chi connectivity index (χ2v) is 7.56. The van der Waals surface area contributed by atoms with Crippen LogP contribution in [0.2, 0.25) is 0 Å². The zero-order valence-corrected chi connectivity index (χ0v) is 17.2. The lowest BCUT2D eigenvalue weighted by Gasteiger charge is -2.34. The predicted molar refractivity (Wildman–Crippen MR) is 105 cm³/mol. The van der Waals surface area contributed by atoms with Crippen molar-refractivity contribution in [2.45, 2.75) is 49.9 Å². The van der Waals surface area contributed by atoms with Crippen molar-refractivity contribution in [3.05, 3.63) is 35.4 Å². The molecule has 0 saturated carbocycles. The molecule has 2 aliphatic heterocycles. The highest BCUT2D eigenvalue weighted by atomic mass is 19.4. The summed E-state index contributed by atoms with van der Waals surface area (Å²) in [5, 5.41) is 35.8. The fraction of sp³-hybridized carbons (Fsp3) is 0.600. The number of nitrogens with zero attached hydrogens (tertiary/aromatic N) is 1. The molecule has 0 aromatic heterocycles. The van der Waals surface area contributed by atoms with Crippen molar-refractivity contribution < 1.29 is 47.9 Å². The van der Waals surface area contributed by atoms with Crippen molar-refractivity contribution in [1.29, 1.82) is 0 Å². The van der Waals surface area contributed by atoms with Gasteiger partial charge in [-0.15, -0.1) is 0 Å². The number of carboxylic acids is 2. The number of halogens is 3. The first-order chi connectivity index (χ1) is 15.0. The first-order valence-corrected chi connectivity index (χ1v) is 10.0. The van der Waals surface area contributed by atoms with Gasteiger partial charge >= 0.3 is 18.1 Å².